The first-order valence-corrected chi connectivity index (χ1v) is 8.72. The van der Waals surface area contributed by atoms with Crippen LogP contribution in [-0.2, 0) is 11.3 Å². The SMILES string of the molecule is COc1ccc(NC(=O)CN(C)Cc2ccc3ccccc3c2)cc1Cl. The Morgan fingerprint density at radius 3 is 2.58 bits per heavy atom. The summed E-state index contributed by atoms with van der Waals surface area (Å²) in [6.07, 6.45) is 0. The molecule has 0 saturated carbocycles. The number of carbonyl (C=O) groups is 1. The molecule has 0 heterocycles. The van der Waals surface area contributed by atoms with E-state index in [-0.39, 0.29) is 12.5 Å². The molecule has 0 aliphatic heterocycles. The van der Waals surface area contributed by atoms with Gasteiger partial charge in [-0.1, -0.05) is 48.0 Å². The summed E-state index contributed by atoms with van der Waals surface area (Å²) < 4.78 is 5.11. The van der Waals surface area contributed by atoms with Crippen LogP contribution in [0.2, 0.25) is 5.02 Å². The molecule has 3 rings (SSSR count). The van der Waals surface area contributed by atoms with Crippen LogP contribution in [0.25, 0.3) is 10.8 Å². The number of carbonyl (C=O) groups excluding carboxylic acids is 1. The number of benzene rings is 3. The fourth-order valence-corrected chi connectivity index (χ4v) is 3.15. The number of hydrogen-bond donors (Lipinski definition) is 1. The quantitative estimate of drug-likeness (QED) is 0.692. The molecule has 134 valence electrons. The number of hydrogen-bond acceptors (Lipinski definition) is 3. The van der Waals surface area contributed by atoms with E-state index in [4.69, 9.17) is 16.3 Å². The molecule has 0 unspecified atom stereocenters. The molecule has 0 radical (unpaired) electrons. The van der Waals surface area contributed by atoms with Crippen LogP contribution in [0.4, 0.5) is 5.69 Å². The fraction of sp³-hybridized carbons (Fsp3) is 0.190. The largest absolute Gasteiger partial charge is 0.495 e. The van der Waals surface area contributed by atoms with E-state index in [0.717, 1.165) is 0 Å². The van der Waals surface area contributed by atoms with Crippen molar-refractivity contribution in [2.75, 3.05) is 26.0 Å². The third-order valence-corrected chi connectivity index (χ3v) is 4.41. The predicted molar refractivity (Wildman–Crippen MR) is 107 cm³/mol. The molecule has 0 fully saturated rings. The van der Waals surface area contributed by atoms with E-state index in [1.807, 2.05) is 24.1 Å². The minimum Gasteiger partial charge on any atom is -0.495 e. The monoisotopic (exact) mass is 368 g/mol. The molecule has 0 aliphatic carbocycles. The summed E-state index contributed by atoms with van der Waals surface area (Å²) in [6.45, 7) is 0.984. The maximum atomic E-state index is 12.3. The van der Waals surface area contributed by atoms with Crippen molar-refractivity contribution in [1.82, 2.24) is 4.90 Å². The Hall–Kier alpha value is -2.56. The van der Waals surface area contributed by atoms with Gasteiger partial charge in [0.1, 0.15) is 5.75 Å². The molecule has 0 atom stereocenters. The van der Waals surface area contributed by atoms with Gasteiger partial charge in [0.25, 0.3) is 0 Å². The average Bonchev–Trinajstić information content (AvgIpc) is 2.61. The van der Waals surface area contributed by atoms with Gasteiger partial charge in [-0.3, -0.25) is 9.69 Å². The third kappa shape index (κ3) is 4.54. The van der Waals surface area contributed by atoms with E-state index in [2.05, 4.69) is 35.6 Å². The van der Waals surface area contributed by atoms with Crippen molar-refractivity contribution < 1.29 is 9.53 Å². The van der Waals surface area contributed by atoms with E-state index in [1.165, 1.54) is 16.3 Å². The van der Waals surface area contributed by atoms with Gasteiger partial charge in [0, 0.05) is 12.2 Å². The van der Waals surface area contributed by atoms with Gasteiger partial charge in [-0.05, 0) is 47.6 Å². The van der Waals surface area contributed by atoms with E-state index < -0.39 is 0 Å². The highest BCUT2D eigenvalue weighted by Crippen LogP contribution is 2.27. The summed E-state index contributed by atoms with van der Waals surface area (Å²) in [6, 6.07) is 19.8. The number of methoxy groups -OCH3 is 1. The van der Waals surface area contributed by atoms with Gasteiger partial charge in [-0.25, -0.2) is 0 Å². The molecule has 0 spiro atoms. The maximum Gasteiger partial charge on any atom is 0.238 e. The number of nitrogens with zero attached hydrogens (tertiary/aromatic N) is 1. The van der Waals surface area contributed by atoms with Crippen molar-refractivity contribution in [1.29, 1.82) is 0 Å². The van der Waals surface area contributed by atoms with Gasteiger partial charge >= 0.3 is 0 Å². The van der Waals surface area contributed by atoms with Crippen molar-refractivity contribution in [3.05, 3.63) is 71.2 Å². The maximum absolute atomic E-state index is 12.3. The normalized spacial score (nSPS) is 10.9. The molecule has 1 amide bonds. The smallest absolute Gasteiger partial charge is 0.238 e. The molecule has 0 aliphatic rings. The van der Waals surface area contributed by atoms with Gasteiger partial charge in [0.05, 0.1) is 18.7 Å². The molecular weight excluding hydrogens is 348 g/mol. The van der Waals surface area contributed by atoms with Crippen LogP contribution in [0.15, 0.2) is 60.7 Å². The van der Waals surface area contributed by atoms with E-state index in [1.54, 1.807) is 25.3 Å². The average molecular weight is 369 g/mol. The van der Waals surface area contributed by atoms with Crippen LogP contribution in [0.5, 0.6) is 5.75 Å². The number of likely N-dealkylation sites (N-methyl/N-ethyl adjacent to an activating group) is 1. The van der Waals surface area contributed by atoms with Gasteiger partial charge < -0.3 is 10.1 Å². The Morgan fingerprint density at radius 1 is 1.08 bits per heavy atom. The van der Waals surface area contributed by atoms with Crippen LogP contribution in [0.1, 0.15) is 5.56 Å². The second-order valence-electron chi connectivity index (χ2n) is 6.25. The predicted octanol–water partition coefficient (Wildman–Crippen LogP) is 4.57. The Morgan fingerprint density at radius 2 is 1.85 bits per heavy atom. The molecule has 3 aromatic rings. The van der Waals surface area contributed by atoms with Gasteiger partial charge in [-0.15, -0.1) is 0 Å². The number of halogens is 1. The highest BCUT2D eigenvalue weighted by atomic mass is 35.5. The number of amides is 1. The van der Waals surface area contributed by atoms with E-state index in [9.17, 15) is 4.79 Å². The number of rotatable bonds is 6. The molecule has 26 heavy (non-hydrogen) atoms. The summed E-state index contributed by atoms with van der Waals surface area (Å²) in [5, 5.41) is 5.75. The summed E-state index contributed by atoms with van der Waals surface area (Å²) in [4.78, 5) is 14.2. The zero-order chi connectivity index (χ0) is 18.5. The fourth-order valence-electron chi connectivity index (χ4n) is 2.89. The molecule has 1 N–H and O–H groups in total. The molecule has 0 saturated heterocycles. The van der Waals surface area contributed by atoms with Crippen LogP contribution < -0.4 is 10.1 Å². The van der Waals surface area contributed by atoms with Gasteiger partial charge in [-0.2, -0.15) is 0 Å². The number of anilines is 1. The summed E-state index contributed by atoms with van der Waals surface area (Å²) in [5.74, 6) is 0.493. The zero-order valence-electron chi connectivity index (χ0n) is 14.8. The van der Waals surface area contributed by atoms with Crippen molar-refractivity contribution >= 4 is 34.0 Å². The lowest BCUT2D eigenvalue weighted by Crippen LogP contribution is -2.29. The standard InChI is InChI=1S/C21H21ClN2O2/c1-24(13-15-7-8-16-5-3-4-6-17(16)11-15)14-21(25)23-18-9-10-20(26-2)19(22)12-18/h3-12H,13-14H2,1-2H3,(H,23,25). The van der Waals surface area contributed by atoms with Crippen LogP contribution >= 0.6 is 11.6 Å². The molecule has 3 aromatic carbocycles. The zero-order valence-corrected chi connectivity index (χ0v) is 15.6. The topological polar surface area (TPSA) is 41.6 Å². The molecular formula is C21H21ClN2O2. The molecule has 0 aromatic heterocycles. The van der Waals surface area contributed by atoms with Crippen molar-refractivity contribution in [3.8, 4) is 5.75 Å². The minimum absolute atomic E-state index is 0.0884. The van der Waals surface area contributed by atoms with Crippen LogP contribution in [0.3, 0.4) is 0 Å². The van der Waals surface area contributed by atoms with Crippen LogP contribution in [0, 0.1) is 0 Å². The second kappa shape index (κ2) is 8.21. The van der Waals surface area contributed by atoms with Crippen LogP contribution in [-0.4, -0.2) is 31.5 Å². The molecule has 5 heteroatoms. The number of nitrogens with one attached hydrogen (secondary N) is 1. The van der Waals surface area contributed by atoms with Crippen molar-refractivity contribution in [2.45, 2.75) is 6.54 Å². The Balaban J connectivity index is 1.59. The van der Waals surface area contributed by atoms with Gasteiger partial charge in [0.2, 0.25) is 5.91 Å². The van der Waals surface area contributed by atoms with E-state index >= 15 is 0 Å². The van der Waals surface area contributed by atoms with Crippen molar-refractivity contribution in [2.24, 2.45) is 0 Å². The lowest BCUT2D eigenvalue weighted by molar-refractivity contribution is -0.117. The highest BCUT2D eigenvalue weighted by molar-refractivity contribution is 6.32. The summed E-state index contributed by atoms with van der Waals surface area (Å²) in [5.41, 5.74) is 1.83. The summed E-state index contributed by atoms with van der Waals surface area (Å²) >= 11 is 6.09. The first-order chi connectivity index (χ1) is 12.5. The Kier molecular flexibility index (Phi) is 5.76. The molecule has 4 nitrogen and oxygen atoms in total. The second-order valence-corrected chi connectivity index (χ2v) is 6.66. The van der Waals surface area contributed by atoms with E-state index in [0.29, 0.717) is 23.0 Å². The minimum atomic E-state index is -0.0884. The van der Waals surface area contributed by atoms with Gasteiger partial charge in [0.15, 0.2) is 0 Å². The first-order valence-electron chi connectivity index (χ1n) is 8.35. The first kappa shape index (κ1) is 18.2. The summed E-state index contributed by atoms with van der Waals surface area (Å²) in [7, 11) is 3.48. The number of fused-ring (bicyclic) bond motifs is 1. The Bertz CT molecular complexity index is 927. The third-order valence-electron chi connectivity index (χ3n) is 4.12. The van der Waals surface area contributed by atoms with Crippen molar-refractivity contribution in [3.63, 3.8) is 0 Å². The molecule has 0 bridgehead atoms. The lowest BCUT2D eigenvalue weighted by Gasteiger charge is -2.17. The Labute approximate surface area is 158 Å². The number of ether oxygens (including phenoxy) is 1. The highest BCUT2D eigenvalue weighted by Gasteiger charge is 2.09. The lowest BCUT2D eigenvalue weighted by atomic mass is 10.1.